The predicted octanol–water partition coefficient (Wildman–Crippen LogP) is 5.11. The summed E-state index contributed by atoms with van der Waals surface area (Å²) in [4.78, 5) is 15.6. The van der Waals surface area contributed by atoms with Gasteiger partial charge in [-0.05, 0) is 81.2 Å². The number of likely N-dealkylation sites (tertiary alicyclic amines) is 1. The average molecular weight is 417 g/mol. The lowest BCUT2D eigenvalue weighted by Crippen LogP contribution is -2.48. The summed E-state index contributed by atoms with van der Waals surface area (Å²) in [7, 11) is 0. The van der Waals surface area contributed by atoms with E-state index in [1.165, 1.54) is 32.4 Å². The van der Waals surface area contributed by atoms with E-state index in [4.69, 9.17) is 9.47 Å². The summed E-state index contributed by atoms with van der Waals surface area (Å²) in [5.74, 6) is 2.15. The van der Waals surface area contributed by atoms with Crippen molar-refractivity contribution in [3.63, 3.8) is 0 Å². The highest BCUT2D eigenvalue weighted by Gasteiger charge is 2.42. The number of benzene rings is 1. The molecule has 2 aliphatic rings. The minimum Gasteiger partial charge on any atom is -0.492 e. The Morgan fingerprint density at radius 3 is 2.60 bits per heavy atom. The second-order valence-corrected chi connectivity index (χ2v) is 9.42. The van der Waals surface area contributed by atoms with Crippen LogP contribution >= 0.6 is 0 Å². The highest BCUT2D eigenvalue weighted by Crippen LogP contribution is 2.36. The van der Waals surface area contributed by atoms with Crippen LogP contribution in [-0.2, 0) is 9.53 Å². The van der Waals surface area contributed by atoms with Crippen LogP contribution in [0.15, 0.2) is 24.3 Å². The van der Waals surface area contributed by atoms with Crippen LogP contribution in [0.4, 0.5) is 5.69 Å². The van der Waals surface area contributed by atoms with Crippen LogP contribution in [0.25, 0.3) is 0 Å². The number of carbonyl (C=O) groups excluding carboxylic acids is 1. The Morgan fingerprint density at radius 1 is 1.13 bits per heavy atom. The molecule has 1 aromatic rings. The van der Waals surface area contributed by atoms with Crippen LogP contribution in [0.1, 0.15) is 65.7 Å². The molecule has 1 aromatic carbocycles. The molecule has 1 saturated heterocycles. The summed E-state index contributed by atoms with van der Waals surface area (Å²) in [6.07, 6.45) is 7.38. The van der Waals surface area contributed by atoms with Crippen LogP contribution in [0.3, 0.4) is 0 Å². The number of rotatable bonds is 9. The first-order chi connectivity index (χ1) is 14.5. The molecule has 1 amide bonds. The number of ether oxygens (including phenoxy) is 2. The maximum absolute atomic E-state index is 13.1. The average Bonchev–Trinajstić information content (AvgIpc) is 2.73. The number of carbonyl (C=O) groups is 1. The third-order valence-corrected chi connectivity index (χ3v) is 6.48. The van der Waals surface area contributed by atoms with Gasteiger partial charge in [0.25, 0.3) is 5.91 Å². The SMILES string of the molecule is CCCO[C@]1(C(=O)Nc2ccc(OCCN3CCC[C@@H](C)C3)cc2)CCC[C@H](C)C1. The first kappa shape index (κ1) is 23.1. The standard InChI is InChI=1S/C25H40N2O3/c1-4-16-30-25(13-5-7-20(2)18-25)24(28)26-22-9-11-23(12-10-22)29-17-15-27-14-6-8-21(3)19-27/h9-12,20-21H,4-8,13-19H2,1-3H3,(H,26,28)/t20-,21+,25+/m0/s1. The summed E-state index contributed by atoms with van der Waals surface area (Å²) < 4.78 is 12.1. The molecular weight excluding hydrogens is 376 g/mol. The Labute approximate surface area is 182 Å². The minimum atomic E-state index is -0.686. The third-order valence-electron chi connectivity index (χ3n) is 6.48. The molecule has 5 heteroatoms. The maximum atomic E-state index is 13.1. The fourth-order valence-corrected chi connectivity index (χ4v) is 4.87. The number of hydrogen-bond donors (Lipinski definition) is 1. The smallest absolute Gasteiger partial charge is 0.256 e. The van der Waals surface area contributed by atoms with Crippen molar-refractivity contribution in [3.05, 3.63) is 24.3 Å². The van der Waals surface area contributed by atoms with Gasteiger partial charge in [0.1, 0.15) is 18.0 Å². The molecule has 1 N–H and O–H groups in total. The van der Waals surface area contributed by atoms with Crippen molar-refractivity contribution in [2.45, 2.75) is 71.3 Å². The Kier molecular flexibility index (Phi) is 8.58. The van der Waals surface area contributed by atoms with Crippen molar-refractivity contribution in [3.8, 4) is 5.75 Å². The predicted molar refractivity (Wildman–Crippen MR) is 122 cm³/mol. The van der Waals surface area contributed by atoms with Crippen LogP contribution in [0.2, 0.25) is 0 Å². The lowest BCUT2D eigenvalue weighted by atomic mass is 9.78. The van der Waals surface area contributed by atoms with Crippen molar-refractivity contribution >= 4 is 11.6 Å². The van der Waals surface area contributed by atoms with Crippen LogP contribution in [-0.4, -0.2) is 49.3 Å². The first-order valence-corrected chi connectivity index (χ1v) is 11.9. The van der Waals surface area contributed by atoms with Crippen LogP contribution in [0, 0.1) is 11.8 Å². The summed E-state index contributed by atoms with van der Waals surface area (Å²) in [6, 6.07) is 7.74. The number of amides is 1. The Hall–Kier alpha value is -1.59. The molecule has 0 bridgehead atoms. The molecule has 0 aromatic heterocycles. The molecule has 2 fully saturated rings. The minimum absolute atomic E-state index is 0.00427. The van der Waals surface area contributed by atoms with Gasteiger partial charge >= 0.3 is 0 Å². The molecule has 1 aliphatic heterocycles. The summed E-state index contributed by atoms with van der Waals surface area (Å²) in [5.41, 5.74) is 0.115. The summed E-state index contributed by atoms with van der Waals surface area (Å²) in [5, 5.41) is 3.09. The van der Waals surface area contributed by atoms with E-state index in [9.17, 15) is 4.79 Å². The second-order valence-electron chi connectivity index (χ2n) is 9.42. The Balaban J connectivity index is 1.50. The van der Waals surface area contributed by atoms with Crippen molar-refractivity contribution in [2.75, 3.05) is 38.2 Å². The second kappa shape index (κ2) is 11.1. The number of anilines is 1. The zero-order chi connectivity index (χ0) is 21.4. The largest absolute Gasteiger partial charge is 0.492 e. The normalized spacial score (nSPS) is 27.6. The number of hydrogen-bond acceptors (Lipinski definition) is 4. The van der Waals surface area contributed by atoms with Crippen molar-refractivity contribution < 1.29 is 14.3 Å². The third kappa shape index (κ3) is 6.45. The van der Waals surface area contributed by atoms with Crippen LogP contribution in [0.5, 0.6) is 5.75 Å². The molecule has 5 nitrogen and oxygen atoms in total. The summed E-state index contributed by atoms with van der Waals surface area (Å²) in [6.45, 7) is 11.3. The molecule has 3 rings (SSSR count). The van der Waals surface area contributed by atoms with E-state index < -0.39 is 5.60 Å². The fraction of sp³-hybridized carbons (Fsp3) is 0.720. The van der Waals surface area contributed by atoms with Gasteiger partial charge in [-0.1, -0.05) is 27.2 Å². The van der Waals surface area contributed by atoms with Crippen molar-refractivity contribution in [2.24, 2.45) is 11.8 Å². The van der Waals surface area contributed by atoms with E-state index in [1.54, 1.807) is 0 Å². The molecule has 3 atom stereocenters. The number of piperidine rings is 1. The molecular formula is C25H40N2O3. The van der Waals surface area contributed by atoms with Gasteiger partial charge < -0.3 is 14.8 Å². The molecule has 30 heavy (non-hydrogen) atoms. The van der Waals surface area contributed by atoms with E-state index in [0.717, 1.165) is 49.6 Å². The van der Waals surface area contributed by atoms with E-state index in [2.05, 4.69) is 31.0 Å². The molecule has 1 heterocycles. The molecule has 0 spiro atoms. The van der Waals surface area contributed by atoms with Crippen molar-refractivity contribution in [1.82, 2.24) is 4.90 Å². The lowest BCUT2D eigenvalue weighted by molar-refractivity contribution is -0.148. The van der Waals surface area contributed by atoms with Crippen LogP contribution < -0.4 is 10.1 Å². The lowest BCUT2D eigenvalue weighted by Gasteiger charge is -2.38. The zero-order valence-electron chi connectivity index (χ0n) is 19.1. The zero-order valence-corrected chi connectivity index (χ0v) is 19.1. The number of nitrogens with one attached hydrogen (secondary N) is 1. The highest BCUT2D eigenvalue weighted by molar-refractivity contribution is 5.97. The number of nitrogens with zero attached hydrogens (tertiary/aromatic N) is 1. The molecule has 0 radical (unpaired) electrons. The van der Waals surface area contributed by atoms with Gasteiger partial charge in [-0.25, -0.2) is 0 Å². The molecule has 0 unspecified atom stereocenters. The fourth-order valence-electron chi connectivity index (χ4n) is 4.87. The van der Waals surface area contributed by atoms with Gasteiger partial charge in [0.15, 0.2) is 0 Å². The quantitative estimate of drug-likeness (QED) is 0.608. The Bertz CT molecular complexity index is 663. The monoisotopic (exact) mass is 416 g/mol. The molecule has 1 saturated carbocycles. The maximum Gasteiger partial charge on any atom is 0.256 e. The summed E-state index contributed by atoms with van der Waals surface area (Å²) >= 11 is 0. The van der Waals surface area contributed by atoms with Crippen molar-refractivity contribution in [1.29, 1.82) is 0 Å². The van der Waals surface area contributed by atoms with E-state index >= 15 is 0 Å². The van der Waals surface area contributed by atoms with E-state index in [1.807, 2.05) is 24.3 Å². The topological polar surface area (TPSA) is 50.8 Å². The molecule has 168 valence electrons. The highest BCUT2D eigenvalue weighted by atomic mass is 16.5. The first-order valence-electron chi connectivity index (χ1n) is 11.9. The van der Waals surface area contributed by atoms with E-state index in [-0.39, 0.29) is 5.91 Å². The van der Waals surface area contributed by atoms with Gasteiger partial charge in [0, 0.05) is 25.4 Å². The Morgan fingerprint density at radius 2 is 1.90 bits per heavy atom. The van der Waals surface area contributed by atoms with Gasteiger partial charge in [0.05, 0.1) is 0 Å². The van der Waals surface area contributed by atoms with Gasteiger partial charge in [-0.2, -0.15) is 0 Å². The van der Waals surface area contributed by atoms with Gasteiger partial charge in [0.2, 0.25) is 0 Å². The van der Waals surface area contributed by atoms with E-state index in [0.29, 0.717) is 19.1 Å². The molecule has 1 aliphatic carbocycles. The van der Waals surface area contributed by atoms with Gasteiger partial charge in [-0.15, -0.1) is 0 Å². The van der Waals surface area contributed by atoms with Gasteiger partial charge in [-0.3, -0.25) is 9.69 Å².